The topological polar surface area (TPSA) is 105 Å². The summed E-state index contributed by atoms with van der Waals surface area (Å²) >= 11 is 0. The molecule has 39 heavy (non-hydrogen) atoms. The third-order valence-corrected chi connectivity index (χ3v) is 7.09. The van der Waals surface area contributed by atoms with Crippen LogP contribution in [0.2, 0.25) is 0 Å². The van der Waals surface area contributed by atoms with Gasteiger partial charge >= 0.3 is 0 Å². The van der Waals surface area contributed by atoms with Gasteiger partial charge in [0.1, 0.15) is 0 Å². The fourth-order valence-electron chi connectivity index (χ4n) is 4.66. The van der Waals surface area contributed by atoms with Gasteiger partial charge in [-0.1, -0.05) is 52.0 Å². The summed E-state index contributed by atoms with van der Waals surface area (Å²) in [4.78, 5) is 50.3. The van der Waals surface area contributed by atoms with Gasteiger partial charge in [0, 0.05) is 54.1 Å². The lowest BCUT2D eigenvalue weighted by Gasteiger charge is -2.32. The van der Waals surface area contributed by atoms with E-state index >= 15 is 0 Å². The fraction of sp³-hybridized carbons (Fsp3) is 0.613. The highest BCUT2D eigenvalue weighted by molar-refractivity contribution is 6.12. The quantitative estimate of drug-likeness (QED) is 0.196. The maximum atomic E-state index is 12.8. The van der Waals surface area contributed by atoms with Crippen molar-refractivity contribution < 1.29 is 23.9 Å². The zero-order chi connectivity index (χ0) is 29.1. The molecule has 2 N–H and O–H groups in total. The number of nitrogens with one attached hydrogen (secondary N) is 2. The van der Waals surface area contributed by atoms with Crippen LogP contribution in [0, 0.1) is 22.7 Å². The number of hydrogen-bond donors (Lipinski definition) is 2. The van der Waals surface area contributed by atoms with Crippen LogP contribution < -0.4 is 10.6 Å². The largest absolute Gasteiger partial charge is 0.380 e. The number of carbonyl (C=O) groups is 4. The van der Waals surface area contributed by atoms with Crippen LogP contribution in [0.15, 0.2) is 48.1 Å². The first-order valence-electron chi connectivity index (χ1n) is 14.0. The number of amides is 4. The molecule has 1 aliphatic heterocycles. The molecule has 2 aliphatic rings. The number of ether oxygens (including phenoxy) is 1. The summed E-state index contributed by atoms with van der Waals surface area (Å²) in [6.07, 6.45) is 15.0. The first-order chi connectivity index (χ1) is 18.4. The van der Waals surface area contributed by atoms with Crippen LogP contribution in [0.1, 0.15) is 67.2 Å². The summed E-state index contributed by atoms with van der Waals surface area (Å²) in [5.41, 5.74) is 0.103. The van der Waals surface area contributed by atoms with Crippen LogP contribution in [0.4, 0.5) is 0 Å². The molecular formula is C31H47N3O5. The maximum absolute atomic E-state index is 12.8. The minimum Gasteiger partial charge on any atom is -0.380 e. The van der Waals surface area contributed by atoms with Gasteiger partial charge in [0.05, 0.1) is 13.2 Å². The zero-order valence-electron chi connectivity index (χ0n) is 24.5. The first kappa shape index (κ1) is 32.2. The number of hydrogen-bond acceptors (Lipinski definition) is 5. The Balaban J connectivity index is 1.69. The molecule has 1 aliphatic carbocycles. The molecule has 0 unspecified atom stereocenters. The van der Waals surface area contributed by atoms with E-state index in [9.17, 15) is 19.2 Å². The summed E-state index contributed by atoms with van der Waals surface area (Å²) in [6.45, 7) is 14.4. The number of rotatable bonds is 14. The van der Waals surface area contributed by atoms with Gasteiger partial charge in [0.25, 0.3) is 17.7 Å². The van der Waals surface area contributed by atoms with Crippen LogP contribution >= 0.6 is 0 Å². The van der Waals surface area contributed by atoms with E-state index in [0.717, 1.165) is 25.7 Å². The Morgan fingerprint density at radius 2 is 1.49 bits per heavy atom. The molecule has 216 valence electrons. The lowest BCUT2D eigenvalue weighted by molar-refractivity contribution is -0.138. The van der Waals surface area contributed by atoms with Gasteiger partial charge in [-0.15, -0.1) is 0 Å². The Kier molecular flexibility index (Phi) is 12.4. The predicted octanol–water partition coefficient (Wildman–Crippen LogP) is 4.10. The van der Waals surface area contributed by atoms with E-state index in [2.05, 4.69) is 38.3 Å². The van der Waals surface area contributed by atoms with Gasteiger partial charge in [0.2, 0.25) is 5.91 Å². The van der Waals surface area contributed by atoms with Gasteiger partial charge in [-0.25, -0.2) is 0 Å². The number of imide groups is 1. The Morgan fingerprint density at radius 1 is 0.923 bits per heavy atom. The maximum Gasteiger partial charge on any atom is 0.253 e. The molecule has 2 rings (SSSR count). The highest BCUT2D eigenvalue weighted by atomic mass is 16.5. The molecule has 1 heterocycles. The molecule has 4 amide bonds. The van der Waals surface area contributed by atoms with Crippen molar-refractivity contribution in [3.05, 3.63) is 48.1 Å². The van der Waals surface area contributed by atoms with Crippen LogP contribution in [0.5, 0.6) is 0 Å². The molecule has 8 heteroatoms. The highest BCUT2D eigenvalue weighted by Crippen LogP contribution is 2.30. The van der Waals surface area contributed by atoms with Crippen LogP contribution in [0.25, 0.3) is 0 Å². The van der Waals surface area contributed by atoms with Crippen molar-refractivity contribution in [3.63, 3.8) is 0 Å². The molecule has 0 saturated heterocycles. The molecule has 1 saturated carbocycles. The average Bonchev–Trinajstić information content (AvgIpc) is 3.20. The van der Waals surface area contributed by atoms with Crippen molar-refractivity contribution in [1.29, 1.82) is 0 Å². The minimum atomic E-state index is -0.254. The van der Waals surface area contributed by atoms with Gasteiger partial charge in [-0.2, -0.15) is 0 Å². The Hall–Kier alpha value is -3.00. The molecule has 0 aromatic heterocycles. The van der Waals surface area contributed by atoms with E-state index in [-0.39, 0.29) is 46.3 Å². The number of allylic oxidation sites excluding steroid dienone is 4. The second-order valence-corrected chi connectivity index (χ2v) is 12.2. The van der Waals surface area contributed by atoms with Gasteiger partial charge < -0.3 is 15.4 Å². The summed E-state index contributed by atoms with van der Waals surface area (Å²) in [5, 5.41) is 6.10. The first-order valence-corrected chi connectivity index (χ1v) is 14.0. The molecule has 0 bridgehead atoms. The summed E-state index contributed by atoms with van der Waals surface area (Å²) in [5.74, 6) is -0.341. The fourth-order valence-corrected chi connectivity index (χ4v) is 4.66. The SMILES string of the molecule is C\C=C/C=C(\C=C/C)C(=O)NCC(C)(C)COCC(C)(C)CNC(=O)C1CCC(CN2C(=O)C=CC2=O)CC1. The predicted molar refractivity (Wildman–Crippen MR) is 153 cm³/mol. The second-order valence-electron chi connectivity index (χ2n) is 12.2. The molecular weight excluding hydrogens is 494 g/mol. The van der Waals surface area contributed by atoms with Crippen molar-refractivity contribution in [2.24, 2.45) is 22.7 Å². The lowest BCUT2D eigenvalue weighted by atomic mass is 9.81. The normalized spacial score (nSPS) is 20.9. The van der Waals surface area contributed by atoms with Gasteiger partial charge in [0.15, 0.2) is 0 Å². The van der Waals surface area contributed by atoms with E-state index < -0.39 is 0 Å². The smallest absolute Gasteiger partial charge is 0.253 e. The van der Waals surface area contributed by atoms with E-state index in [0.29, 0.717) is 38.4 Å². The summed E-state index contributed by atoms with van der Waals surface area (Å²) in [7, 11) is 0. The van der Waals surface area contributed by atoms with Crippen LogP contribution in [-0.4, -0.2) is 61.4 Å². The standard InChI is InChI=1S/C31H47N3O5/c1-7-9-11-24(10-8-2)28(37)32-19-30(3,4)21-39-22-31(5,6)20-33-29(38)25-14-12-23(13-15-25)18-34-26(35)16-17-27(34)36/h7-11,16-17,23,25H,12-15,18-22H2,1-6H3,(H,32,37)(H,33,38)/b9-7-,10-8-,24-11+. The number of carbonyl (C=O) groups excluding carboxylic acids is 4. The lowest BCUT2D eigenvalue weighted by Crippen LogP contribution is -2.42. The number of nitrogens with zero attached hydrogens (tertiary/aromatic N) is 1. The summed E-state index contributed by atoms with van der Waals surface area (Å²) < 4.78 is 6.03. The average molecular weight is 542 g/mol. The molecule has 0 aromatic rings. The molecule has 1 fully saturated rings. The van der Waals surface area contributed by atoms with E-state index in [1.54, 1.807) is 12.2 Å². The van der Waals surface area contributed by atoms with Crippen LogP contribution in [-0.2, 0) is 23.9 Å². The molecule has 0 spiro atoms. The van der Waals surface area contributed by atoms with E-state index in [1.165, 1.54) is 17.1 Å². The van der Waals surface area contributed by atoms with E-state index in [4.69, 9.17) is 4.74 Å². The van der Waals surface area contributed by atoms with E-state index in [1.807, 2.05) is 32.1 Å². The van der Waals surface area contributed by atoms with Crippen molar-refractivity contribution >= 4 is 23.6 Å². The minimum absolute atomic E-state index is 0.0436. The Labute approximate surface area is 234 Å². The Morgan fingerprint density at radius 3 is 2.03 bits per heavy atom. The van der Waals surface area contributed by atoms with Crippen molar-refractivity contribution in [2.45, 2.75) is 67.2 Å². The molecule has 0 aromatic carbocycles. The van der Waals surface area contributed by atoms with Crippen molar-refractivity contribution in [2.75, 3.05) is 32.8 Å². The van der Waals surface area contributed by atoms with Crippen molar-refractivity contribution in [3.8, 4) is 0 Å². The molecule has 0 atom stereocenters. The second kappa shape index (κ2) is 15.0. The third-order valence-electron chi connectivity index (χ3n) is 7.09. The summed E-state index contributed by atoms with van der Waals surface area (Å²) in [6, 6.07) is 0. The van der Waals surface area contributed by atoms with Gasteiger partial charge in [-0.3, -0.25) is 24.1 Å². The molecule has 8 nitrogen and oxygen atoms in total. The van der Waals surface area contributed by atoms with Crippen molar-refractivity contribution in [1.82, 2.24) is 15.5 Å². The Bertz CT molecular complexity index is 980. The monoisotopic (exact) mass is 541 g/mol. The third kappa shape index (κ3) is 10.9. The van der Waals surface area contributed by atoms with Gasteiger partial charge in [-0.05, 0) is 51.5 Å². The zero-order valence-corrected chi connectivity index (χ0v) is 24.5. The van der Waals surface area contributed by atoms with Crippen LogP contribution in [0.3, 0.4) is 0 Å². The highest BCUT2D eigenvalue weighted by Gasteiger charge is 2.32. The molecule has 0 radical (unpaired) electrons.